The number of methoxy groups -OCH3 is 1. The largest absolute Gasteiger partial charge is 0.497 e. The summed E-state index contributed by atoms with van der Waals surface area (Å²) in [5, 5.41) is 6.66. The van der Waals surface area contributed by atoms with Crippen LogP contribution in [0.5, 0.6) is 5.75 Å². The van der Waals surface area contributed by atoms with Crippen molar-refractivity contribution in [2.24, 2.45) is 0 Å². The van der Waals surface area contributed by atoms with Crippen molar-refractivity contribution in [3.63, 3.8) is 0 Å². The summed E-state index contributed by atoms with van der Waals surface area (Å²) in [6, 6.07) is 15.7. The van der Waals surface area contributed by atoms with Gasteiger partial charge in [0.2, 0.25) is 0 Å². The molecule has 0 radical (unpaired) electrons. The van der Waals surface area contributed by atoms with E-state index >= 15 is 0 Å². The zero-order valence-electron chi connectivity index (χ0n) is 14.3. The van der Waals surface area contributed by atoms with E-state index in [2.05, 4.69) is 22.8 Å². The van der Waals surface area contributed by atoms with E-state index < -0.39 is 0 Å². The number of urea groups is 1. The van der Waals surface area contributed by atoms with Gasteiger partial charge in [0.15, 0.2) is 0 Å². The predicted octanol–water partition coefficient (Wildman–Crippen LogP) is 3.92. The summed E-state index contributed by atoms with van der Waals surface area (Å²) in [7, 11) is 1.65. The zero-order chi connectivity index (χ0) is 17.7. The topological polar surface area (TPSA) is 50.4 Å². The molecule has 0 atom stereocenters. The standard InChI is InChI=1S/C20H23ClN2O2/c1-25-18-4-2-3-15(13-18)9-12-22-19(24)23-14-20(10-11-20)16-5-7-17(21)8-6-16/h2-8,13H,9-12,14H2,1H3,(H2,22,23,24). The van der Waals surface area contributed by atoms with Crippen LogP contribution in [0.15, 0.2) is 48.5 Å². The number of carbonyl (C=O) groups excluding carboxylic acids is 1. The van der Waals surface area contributed by atoms with E-state index in [1.54, 1.807) is 7.11 Å². The molecule has 2 N–H and O–H groups in total. The van der Waals surface area contributed by atoms with Crippen molar-refractivity contribution >= 4 is 17.6 Å². The summed E-state index contributed by atoms with van der Waals surface area (Å²) in [6.07, 6.45) is 2.96. The van der Waals surface area contributed by atoms with Gasteiger partial charge in [0.1, 0.15) is 5.75 Å². The van der Waals surface area contributed by atoms with Gasteiger partial charge >= 0.3 is 6.03 Å². The van der Waals surface area contributed by atoms with Gasteiger partial charge in [0, 0.05) is 23.5 Å². The molecule has 1 saturated carbocycles. The molecule has 25 heavy (non-hydrogen) atoms. The van der Waals surface area contributed by atoms with E-state index in [0.717, 1.165) is 35.6 Å². The second-order valence-electron chi connectivity index (χ2n) is 6.50. The average molecular weight is 359 g/mol. The highest BCUT2D eigenvalue weighted by atomic mass is 35.5. The Morgan fingerprint density at radius 2 is 1.92 bits per heavy atom. The van der Waals surface area contributed by atoms with Gasteiger partial charge in [-0.05, 0) is 54.7 Å². The number of rotatable bonds is 7. The molecule has 2 aromatic rings. The molecule has 0 unspecified atom stereocenters. The van der Waals surface area contributed by atoms with Gasteiger partial charge in [-0.1, -0.05) is 35.9 Å². The first kappa shape index (κ1) is 17.6. The lowest BCUT2D eigenvalue weighted by Gasteiger charge is -2.17. The molecule has 4 nitrogen and oxygen atoms in total. The molecular weight excluding hydrogens is 336 g/mol. The van der Waals surface area contributed by atoms with Gasteiger partial charge in [-0.2, -0.15) is 0 Å². The maximum absolute atomic E-state index is 12.0. The molecule has 132 valence electrons. The van der Waals surface area contributed by atoms with Crippen LogP contribution in [0.1, 0.15) is 24.0 Å². The lowest BCUT2D eigenvalue weighted by Crippen LogP contribution is -2.40. The van der Waals surface area contributed by atoms with Crippen LogP contribution in [0, 0.1) is 0 Å². The molecule has 2 amide bonds. The maximum Gasteiger partial charge on any atom is 0.314 e. The van der Waals surface area contributed by atoms with Gasteiger partial charge in [0.25, 0.3) is 0 Å². The molecule has 0 saturated heterocycles. The summed E-state index contributed by atoms with van der Waals surface area (Å²) in [5.41, 5.74) is 2.46. The van der Waals surface area contributed by atoms with E-state index in [0.29, 0.717) is 13.1 Å². The Hall–Kier alpha value is -2.20. The number of carbonyl (C=O) groups is 1. The summed E-state index contributed by atoms with van der Waals surface area (Å²) in [4.78, 5) is 12.0. The second kappa shape index (κ2) is 7.79. The summed E-state index contributed by atoms with van der Waals surface area (Å²) >= 11 is 5.95. The third-order valence-electron chi connectivity index (χ3n) is 4.73. The third kappa shape index (κ3) is 4.67. The molecule has 1 aliphatic rings. The van der Waals surface area contributed by atoms with Crippen LogP contribution in [-0.4, -0.2) is 26.2 Å². The smallest absolute Gasteiger partial charge is 0.314 e. The third-order valence-corrected chi connectivity index (χ3v) is 4.98. The Bertz CT molecular complexity index is 727. The average Bonchev–Trinajstić information content (AvgIpc) is 3.42. The fourth-order valence-corrected chi connectivity index (χ4v) is 3.11. The molecule has 1 aliphatic carbocycles. The van der Waals surface area contributed by atoms with Gasteiger partial charge in [-0.25, -0.2) is 4.79 Å². The van der Waals surface area contributed by atoms with Crippen molar-refractivity contribution in [1.82, 2.24) is 10.6 Å². The summed E-state index contributed by atoms with van der Waals surface area (Å²) in [6.45, 7) is 1.24. The number of halogens is 1. The van der Waals surface area contributed by atoms with Crippen molar-refractivity contribution in [2.75, 3.05) is 20.2 Å². The Balaban J connectivity index is 1.43. The maximum atomic E-state index is 12.0. The molecule has 0 spiro atoms. The molecule has 0 bridgehead atoms. The minimum atomic E-state index is -0.122. The Kier molecular flexibility index (Phi) is 5.49. The van der Waals surface area contributed by atoms with E-state index in [9.17, 15) is 4.79 Å². The van der Waals surface area contributed by atoms with Crippen LogP contribution in [-0.2, 0) is 11.8 Å². The van der Waals surface area contributed by atoms with Crippen LogP contribution in [0.3, 0.4) is 0 Å². The Labute approximate surface area is 153 Å². The minimum Gasteiger partial charge on any atom is -0.497 e. The zero-order valence-corrected chi connectivity index (χ0v) is 15.1. The minimum absolute atomic E-state index is 0.0781. The Morgan fingerprint density at radius 1 is 1.16 bits per heavy atom. The van der Waals surface area contributed by atoms with E-state index in [1.165, 1.54) is 5.56 Å². The molecule has 0 aromatic heterocycles. The quantitative estimate of drug-likeness (QED) is 0.788. The molecule has 5 heteroatoms. The first-order valence-corrected chi connectivity index (χ1v) is 8.90. The summed E-state index contributed by atoms with van der Waals surface area (Å²) < 4.78 is 5.21. The highest BCUT2D eigenvalue weighted by Crippen LogP contribution is 2.47. The number of hydrogen-bond donors (Lipinski definition) is 2. The monoisotopic (exact) mass is 358 g/mol. The number of ether oxygens (including phenoxy) is 1. The summed E-state index contributed by atoms with van der Waals surface area (Å²) in [5.74, 6) is 0.834. The van der Waals surface area contributed by atoms with Crippen LogP contribution in [0.4, 0.5) is 4.79 Å². The van der Waals surface area contributed by atoms with E-state index in [-0.39, 0.29) is 11.4 Å². The normalized spacial score (nSPS) is 14.6. The highest BCUT2D eigenvalue weighted by molar-refractivity contribution is 6.30. The van der Waals surface area contributed by atoms with Gasteiger partial charge in [-0.15, -0.1) is 0 Å². The van der Waals surface area contributed by atoms with Crippen LogP contribution in [0.25, 0.3) is 0 Å². The predicted molar refractivity (Wildman–Crippen MR) is 100 cm³/mol. The number of hydrogen-bond acceptors (Lipinski definition) is 2. The van der Waals surface area contributed by atoms with Crippen molar-refractivity contribution in [3.05, 3.63) is 64.7 Å². The van der Waals surface area contributed by atoms with Gasteiger partial charge in [0.05, 0.1) is 7.11 Å². The fourth-order valence-electron chi connectivity index (χ4n) is 2.98. The molecule has 1 fully saturated rings. The second-order valence-corrected chi connectivity index (χ2v) is 6.93. The van der Waals surface area contributed by atoms with Crippen LogP contribution < -0.4 is 15.4 Å². The molecule has 2 aromatic carbocycles. The molecular formula is C20H23ClN2O2. The first-order valence-electron chi connectivity index (χ1n) is 8.52. The van der Waals surface area contributed by atoms with Gasteiger partial charge < -0.3 is 15.4 Å². The highest BCUT2D eigenvalue weighted by Gasteiger charge is 2.44. The van der Waals surface area contributed by atoms with Crippen molar-refractivity contribution < 1.29 is 9.53 Å². The van der Waals surface area contributed by atoms with Crippen LogP contribution >= 0.6 is 11.6 Å². The SMILES string of the molecule is COc1cccc(CCNC(=O)NCC2(c3ccc(Cl)cc3)CC2)c1. The number of nitrogens with one attached hydrogen (secondary N) is 2. The van der Waals surface area contributed by atoms with Crippen molar-refractivity contribution in [3.8, 4) is 5.75 Å². The number of amides is 2. The van der Waals surface area contributed by atoms with E-state index in [4.69, 9.17) is 16.3 Å². The Morgan fingerprint density at radius 3 is 2.60 bits per heavy atom. The van der Waals surface area contributed by atoms with Gasteiger partial charge in [-0.3, -0.25) is 0 Å². The van der Waals surface area contributed by atoms with E-state index in [1.807, 2.05) is 36.4 Å². The fraction of sp³-hybridized carbons (Fsp3) is 0.350. The van der Waals surface area contributed by atoms with Crippen molar-refractivity contribution in [1.29, 1.82) is 0 Å². The van der Waals surface area contributed by atoms with Crippen molar-refractivity contribution in [2.45, 2.75) is 24.7 Å². The molecule has 3 rings (SSSR count). The lowest BCUT2D eigenvalue weighted by atomic mass is 9.96. The first-order chi connectivity index (χ1) is 12.1. The van der Waals surface area contributed by atoms with Crippen LogP contribution in [0.2, 0.25) is 5.02 Å². The molecule has 0 heterocycles. The lowest BCUT2D eigenvalue weighted by molar-refractivity contribution is 0.240. The molecule has 0 aliphatic heterocycles. The number of benzene rings is 2.